The Morgan fingerprint density at radius 3 is 2.75 bits per heavy atom. The Hall–Kier alpha value is -1.62. The van der Waals surface area contributed by atoms with Crippen molar-refractivity contribution < 1.29 is 4.79 Å². The van der Waals surface area contributed by atoms with Crippen molar-refractivity contribution in [1.29, 1.82) is 0 Å². The van der Waals surface area contributed by atoms with E-state index in [4.69, 9.17) is 11.5 Å². The minimum Gasteiger partial charge on any atom is -0.368 e. The molecule has 0 aliphatic rings. The average molecular weight is 222 g/mol. The molecule has 0 aliphatic carbocycles. The number of pyridine rings is 1. The average Bonchev–Trinajstić information content (AvgIpc) is 2.25. The van der Waals surface area contributed by atoms with Crippen LogP contribution in [0.4, 0.5) is 5.82 Å². The second kappa shape index (κ2) is 5.46. The number of carbonyl (C=O) groups is 1. The van der Waals surface area contributed by atoms with Crippen LogP contribution in [-0.2, 0) is 11.3 Å². The van der Waals surface area contributed by atoms with Crippen LogP contribution in [0.25, 0.3) is 0 Å². The highest BCUT2D eigenvalue weighted by Crippen LogP contribution is 2.19. The number of aromatic nitrogens is 1. The van der Waals surface area contributed by atoms with Gasteiger partial charge in [0.2, 0.25) is 5.91 Å². The summed E-state index contributed by atoms with van der Waals surface area (Å²) in [6.45, 7) is 5.18. The first-order valence-corrected chi connectivity index (χ1v) is 5.28. The summed E-state index contributed by atoms with van der Waals surface area (Å²) in [5, 5.41) is 0. The normalized spacial score (nSPS) is 10.2. The molecule has 0 atom stereocenters. The number of nitrogens with zero attached hydrogens (tertiary/aromatic N) is 2. The van der Waals surface area contributed by atoms with E-state index in [-0.39, 0.29) is 12.5 Å². The van der Waals surface area contributed by atoms with Crippen LogP contribution >= 0.6 is 0 Å². The zero-order valence-corrected chi connectivity index (χ0v) is 9.73. The fraction of sp³-hybridized carbons (Fsp3) is 0.455. The number of hydrogen-bond donors (Lipinski definition) is 2. The van der Waals surface area contributed by atoms with E-state index < -0.39 is 0 Å². The van der Waals surface area contributed by atoms with Gasteiger partial charge in [-0.2, -0.15) is 0 Å². The number of rotatable bonds is 5. The lowest BCUT2D eigenvalue weighted by Crippen LogP contribution is -2.35. The number of carbonyl (C=O) groups excluding carboxylic acids is 1. The summed E-state index contributed by atoms with van der Waals surface area (Å²) in [7, 11) is 0. The lowest BCUT2D eigenvalue weighted by atomic mass is 10.1. The van der Waals surface area contributed by atoms with Crippen LogP contribution in [0, 0.1) is 6.92 Å². The molecule has 0 aliphatic heterocycles. The highest BCUT2D eigenvalue weighted by molar-refractivity contribution is 5.79. The minimum atomic E-state index is -0.367. The molecule has 5 heteroatoms. The van der Waals surface area contributed by atoms with Gasteiger partial charge in [0.25, 0.3) is 0 Å². The number of amides is 1. The summed E-state index contributed by atoms with van der Waals surface area (Å²) in [4.78, 5) is 17.1. The Morgan fingerprint density at radius 2 is 2.25 bits per heavy atom. The molecule has 5 nitrogen and oxygen atoms in total. The number of primary amides is 1. The van der Waals surface area contributed by atoms with E-state index >= 15 is 0 Å². The van der Waals surface area contributed by atoms with Crippen molar-refractivity contribution in [3.8, 4) is 0 Å². The fourth-order valence-electron chi connectivity index (χ4n) is 1.62. The summed E-state index contributed by atoms with van der Waals surface area (Å²) in [5.41, 5.74) is 12.9. The molecule has 0 radical (unpaired) electrons. The molecule has 16 heavy (non-hydrogen) atoms. The van der Waals surface area contributed by atoms with E-state index in [0.717, 1.165) is 16.9 Å². The molecular weight excluding hydrogens is 204 g/mol. The van der Waals surface area contributed by atoms with Gasteiger partial charge >= 0.3 is 0 Å². The first-order valence-electron chi connectivity index (χ1n) is 5.28. The molecule has 0 saturated carbocycles. The minimum absolute atomic E-state index is 0.167. The Balaban J connectivity index is 3.08. The quantitative estimate of drug-likeness (QED) is 0.743. The molecular formula is C11H18N4O. The summed E-state index contributed by atoms with van der Waals surface area (Å²) < 4.78 is 0. The van der Waals surface area contributed by atoms with Gasteiger partial charge in [0, 0.05) is 24.8 Å². The maximum absolute atomic E-state index is 10.9. The van der Waals surface area contributed by atoms with E-state index in [0.29, 0.717) is 13.1 Å². The van der Waals surface area contributed by atoms with Gasteiger partial charge in [0.05, 0.1) is 6.54 Å². The van der Waals surface area contributed by atoms with Crippen molar-refractivity contribution in [2.24, 2.45) is 11.5 Å². The lowest BCUT2D eigenvalue weighted by Gasteiger charge is -2.23. The molecule has 4 N–H and O–H groups in total. The van der Waals surface area contributed by atoms with E-state index in [9.17, 15) is 4.79 Å². The monoisotopic (exact) mass is 222 g/mol. The largest absolute Gasteiger partial charge is 0.368 e. The number of hydrogen-bond acceptors (Lipinski definition) is 4. The second-order valence-corrected chi connectivity index (χ2v) is 3.61. The molecule has 0 fully saturated rings. The topological polar surface area (TPSA) is 85.2 Å². The summed E-state index contributed by atoms with van der Waals surface area (Å²) in [6.07, 6.45) is 1.72. The summed E-state index contributed by atoms with van der Waals surface area (Å²) >= 11 is 0. The molecule has 0 aromatic carbocycles. The summed E-state index contributed by atoms with van der Waals surface area (Å²) in [6, 6.07) is 1.91. The van der Waals surface area contributed by atoms with Gasteiger partial charge < -0.3 is 16.4 Å². The van der Waals surface area contributed by atoms with Crippen LogP contribution in [-0.4, -0.2) is 24.0 Å². The molecule has 1 aromatic heterocycles. The predicted molar refractivity (Wildman–Crippen MR) is 63.9 cm³/mol. The van der Waals surface area contributed by atoms with Gasteiger partial charge in [-0.1, -0.05) is 0 Å². The fourth-order valence-corrected chi connectivity index (χ4v) is 1.62. The zero-order valence-electron chi connectivity index (χ0n) is 9.73. The third-order valence-electron chi connectivity index (χ3n) is 2.50. The van der Waals surface area contributed by atoms with Gasteiger partial charge in [-0.3, -0.25) is 4.79 Å². The molecule has 1 rings (SSSR count). The SMILES string of the molecule is CCN(CC(N)=O)c1nccc(C)c1CN. The van der Waals surface area contributed by atoms with Crippen LogP contribution in [0.15, 0.2) is 12.3 Å². The molecule has 1 amide bonds. The van der Waals surface area contributed by atoms with Gasteiger partial charge in [-0.15, -0.1) is 0 Å². The Kier molecular flexibility index (Phi) is 4.25. The Morgan fingerprint density at radius 1 is 1.56 bits per heavy atom. The number of aryl methyl sites for hydroxylation is 1. The van der Waals surface area contributed by atoms with E-state index in [1.807, 2.05) is 24.8 Å². The van der Waals surface area contributed by atoms with Gasteiger partial charge in [0.15, 0.2) is 0 Å². The van der Waals surface area contributed by atoms with E-state index in [1.165, 1.54) is 0 Å². The highest BCUT2D eigenvalue weighted by Gasteiger charge is 2.13. The molecule has 1 aromatic rings. The standard InChI is InChI=1S/C11H18N4O/c1-3-15(7-10(13)16)11-9(6-12)8(2)4-5-14-11/h4-5H,3,6-7,12H2,1-2H3,(H2,13,16). The Labute approximate surface area is 95.4 Å². The second-order valence-electron chi connectivity index (χ2n) is 3.61. The molecule has 1 heterocycles. The van der Waals surface area contributed by atoms with Crippen molar-refractivity contribution in [2.45, 2.75) is 20.4 Å². The third kappa shape index (κ3) is 2.70. The molecule has 0 spiro atoms. The first-order chi connectivity index (χ1) is 7.60. The van der Waals surface area contributed by atoms with Crippen LogP contribution in [0.1, 0.15) is 18.1 Å². The van der Waals surface area contributed by atoms with E-state index in [2.05, 4.69) is 4.98 Å². The van der Waals surface area contributed by atoms with Crippen LogP contribution < -0.4 is 16.4 Å². The lowest BCUT2D eigenvalue weighted by molar-refractivity contribution is -0.116. The smallest absolute Gasteiger partial charge is 0.236 e. The molecule has 0 saturated heterocycles. The van der Waals surface area contributed by atoms with Crippen LogP contribution in [0.2, 0.25) is 0 Å². The van der Waals surface area contributed by atoms with Crippen molar-refractivity contribution in [1.82, 2.24) is 4.98 Å². The number of likely N-dealkylation sites (N-methyl/N-ethyl adjacent to an activating group) is 1. The van der Waals surface area contributed by atoms with Crippen LogP contribution in [0.5, 0.6) is 0 Å². The third-order valence-corrected chi connectivity index (χ3v) is 2.50. The molecule has 0 unspecified atom stereocenters. The maximum Gasteiger partial charge on any atom is 0.236 e. The van der Waals surface area contributed by atoms with Crippen molar-refractivity contribution >= 4 is 11.7 Å². The predicted octanol–water partition coefficient (Wildman–Crippen LogP) is 0.160. The van der Waals surface area contributed by atoms with Gasteiger partial charge in [-0.25, -0.2) is 4.98 Å². The first kappa shape index (κ1) is 12.4. The number of nitrogens with two attached hydrogens (primary N) is 2. The zero-order chi connectivity index (χ0) is 12.1. The molecule has 88 valence electrons. The van der Waals surface area contributed by atoms with Crippen molar-refractivity contribution in [3.05, 3.63) is 23.4 Å². The summed E-state index contributed by atoms with van der Waals surface area (Å²) in [5.74, 6) is 0.386. The highest BCUT2D eigenvalue weighted by atomic mass is 16.1. The van der Waals surface area contributed by atoms with Crippen molar-refractivity contribution in [3.63, 3.8) is 0 Å². The van der Waals surface area contributed by atoms with Crippen LogP contribution in [0.3, 0.4) is 0 Å². The molecule has 0 bridgehead atoms. The Bertz CT molecular complexity index is 378. The maximum atomic E-state index is 10.9. The van der Waals surface area contributed by atoms with E-state index in [1.54, 1.807) is 6.20 Å². The van der Waals surface area contributed by atoms with Crippen molar-refractivity contribution in [2.75, 3.05) is 18.0 Å². The van der Waals surface area contributed by atoms with Gasteiger partial charge in [-0.05, 0) is 25.5 Å². The van der Waals surface area contributed by atoms with Gasteiger partial charge in [0.1, 0.15) is 5.82 Å². The number of anilines is 1.